The Morgan fingerprint density at radius 1 is 0.250 bits per heavy atom. The van der Waals surface area contributed by atoms with E-state index in [9.17, 15) is 0 Å². The van der Waals surface area contributed by atoms with Gasteiger partial charge in [-0.15, -0.1) is 0 Å². The zero-order chi connectivity index (χ0) is 47.8. The molecule has 0 bridgehead atoms. The van der Waals surface area contributed by atoms with Crippen LogP contribution in [0.4, 0.5) is 17.1 Å². The molecule has 1 heterocycles. The minimum atomic E-state index is 1.07. The third kappa shape index (κ3) is 7.92. The fourth-order valence-electron chi connectivity index (χ4n) is 10.7. The molecule has 0 unspecified atom stereocenters. The zero-order valence-electron chi connectivity index (χ0n) is 39.6. The van der Waals surface area contributed by atoms with Crippen LogP contribution in [-0.4, -0.2) is 4.57 Å². The van der Waals surface area contributed by atoms with Crippen molar-refractivity contribution in [3.05, 3.63) is 291 Å². The van der Waals surface area contributed by atoms with Crippen LogP contribution in [0.5, 0.6) is 0 Å². The number of hydrogen-bond donors (Lipinski definition) is 0. The summed E-state index contributed by atoms with van der Waals surface area (Å²) in [6.45, 7) is 0. The summed E-state index contributed by atoms with van der Waals surface area (Å²) in [7, 11) is 0. The van der Waals surface area contributed by atoms with E-state index in [1.165, 1.54) is 82.6 Å². The van der Waals surface area contributed by atoms with E-state index in [0.29, 0.717) is 0 Å². The van der Waals surface area contributed by atoms with Gasteiger partial charge in [0.25, 0.3) is 0 Å². The van der Waals surface area contributed by atoms with Crippen molar-refractivity contribution in [1.29, 1.82) is 0 Å². The SMILES string of the molecule is c1ccc(-c2cc(-c3ccccc3)cc(-c3ccc(N(c4ccc(-c5ccc6ccccc6c5)cc4)c4ccccc4-c4cccc(-c5cccc6c5c5ccccc5n6-c5ccccc5)c4)cc3)c2)cc1. The summed E-state index contributed by atoms with van der Waals surface area (Å²) in [6, 6.07) is 106. The summed E-state index contributed by atoms with van der Waals surface area (Å²) < 4.78 is 2.39. The van der Waals surface area contributed by atoms with Crippen LogP contribution >= 0.6 is 0 Å². The molecule has 72 heavy (non-hydrogen) atoms. The number of fused-ring (bicyclic) bond motifs is 4. The van der Waals surface area contributed by atoms with Crippen molar-refractivity contribution >= 4 is 49.6 Å². The fraction of sp³-hybridized carbons (Fsp3) is 0. The molecule has 13 rings (SSSR count). The summed E-state index contributed by atoms with van der Waals surface area (Å²) in [4.78, 5) is 2.42. The maximum atomic E-state index is 2.42. The van der Waals surface area contributed by atoms with E-state index in [4.69, 9.17) is 0 Å². The first-order valence-electron chi connectivity index (χ1n) is 24.7. The molecule has 0 atom stereocenters. The Morgan fingerprint density at radius 3 is 1.36 bits per heavy atom. The number of aromatic nitrogens is 1. The molecular formula is C70H48N2. The van der Waals surface area contributed by atoms with Gasteiger partial charge in [0.15, 0.2) is 0 Å². The maximum Gasteiger partial charge on any atom is 0.0547 e. The molecule has 0 aliphatic rings. The van der Waals surface area contributed by atoms with Crippen LogP contribution in [0.2, 0.25) is 0 Å². The minimum Gasteiger partial charge on any atom is -0.310 e. The molecule has 1 aromatic heterocycles. The van der Waals surface area contributed by atoms with Gasteiger partial charge in [0, 0.05) is 33.4 Å². The van der Waals surface area contributed by atoms with Crippen molar-refractivity contribution in [2.75, 3.05) is 4.90 Å². The van der Waals surface area contributed by atoms with Crippen molar-refractivity contribution in [2.45, 2.75) is 0 Å². The molecule has 0 spiro atoms. The van der Waals surface area contributed by atoms with Crippen LogP contribution in [0.3, 0.4) is 0 Å². The van der Waals surface area contributed by atoms with Gasteiger partial charge >= 0.3 is 0 Å². The molecule has 0 aliphatic heterocycles. The van der Waals surface area contributed by atoms with Crippen molar-refractivity contribution < 1.29 is 0 Å². The number of para-hydroxylation sites is 3. The fourth-order valence-corrected chi connectivity index (χ4v) is 10.7. The highest BCUT2D eigenvalue weighted by Gasteiger charge is 2.20. The van der Waals surface area contributed by atoms with Crippen LogP contribution < -0.4 is 4.90 Å². The van der Waals surface area contributed by atoms with E-state index in [-0.39, 0.29) is 0 Å². The molecule has 2 nitrogen and oxygen atoms in total. The molecule has 0 N–H and O–H groups in total. The topological polar surface area (TPSA) is 8.17 Å². The van der Waals surface area contributed by atoms with Gasteiger partial charge in [-0.05, 0) is 157 Å². The Balaban J connectivity index is 0.937. The lowest BCUT2D eigenvalue weighted by atomic mass is 9.93. The van der Waals surface area contributed by atoms with Crippen LogP contribution in [0.25, 0.3) is 105 Å². The summed E-state index contributed by atoms with van der Waals surface area (Å²) >= 11 is 0. The lowest BCUT2D eigenvalue weighted by Crippen LogP contribution is -2.11. The normalized spacial score (nSPS) is 11.3. The van der Waals surface area contributed by atoms with Crippen LogP contribution in [-0.2, 0) is 0 Å². The highest BCUT2D eigenvalue weighted by atomic mass is 15.1. The van der Waals surface area contributed by atoms with E-state index < -0.39 is 0 Å². The van der Waals surface area contributed by atoms with E-state index in [0.717, 1.165) is 39.4 Å². The lowest BCUT2D eigenvalue weighted by Gasteiger charge is -2.28. The van der Waals surface area contributed by atoms with Crippen LogP contribution in [0.1, 0.15) is 0 Å². The van der Waals surface area contributed by atoms with Gasteiger partial charge in [-0.25, -0.2) is 0 Å². The van der Waals surface area contributed by atoms with Crippen molar-refractivity contribution in [3.8, 4) is 72.4 Å². The standard InChI is InChI=1S/C70H48N2/c1-4-18-49(19-5-1)58-46-59(50-20-6-2-7-21-50)48-60(47-58)53-38-42-63(43-39-53)71(62-40-36-52(37-41-62)55-35-34-51-22-10-11-23-54(51)44-55)67-31-14-12-28-64(67)56-24-16-25-57(45-56)65-30-17-33-69-70(65)66-29-13-15-32-68(66)72(69)61-26-8-3-9-27-61/h1-48H. The molecule has 0 saturated heterocycles. The highest BCUT2D eigenvalue weighted by molar-refractivity contribution is 6.16. The predicted molar refractivity (Wildman–Crippen MR) is 306 cm³/mol. The molecule has 0 aliphatic carbocycles. The number of rotatable bonds is 10. The van der Waals surface area contributed by atoms with E-state index in [1.807, 2.05) is 0 Å². The molecular weight excluding hydrogens is 869 g/mol. The van der Waals surface area contributed by atoms with Gasteiger partial charge in [0.2, 0.25) is 0 Å². The number of hydrogen-bond acceptors (Lipinski definition) is 1. The Hall–Kier alpha value is -9.50. The maximum absolute atomic E-state index is 2.42. The Bertz CT molecular complexity index is 4000. The first-order valence-corrected chi connectivity index (χ1v) is 24.7. The Labute approximate surface area is 420 Å². The van der Waals surface area contributed by atoms with Gasteiger partial charge in [0.1, 0.15) is 0 Å². The third-order valence-corrected chi connectivity index (χ3v) is 14.2. The number of nitrogens with zero attached hydrogens (tertiary/aromatic N) is 2. The average Bonchev–Trinajstić information content (AvgIpc) is 3.81. The summed E-state index contributed by atoms with van der Waals surface area (Å²) in [5.41, 5.74) is 20.9. The van der Waals surface area contributed by atoms with Crippen molar-refractivity contribution in [1.82, 2.24) is 4.57 Å². The molecule has 12 aromatic carbocycles. The third-order valence-electron chi connectivity index (χ3n) is 14.2. The highest BCUT2D eigenvalue weighted by Crippen LogP contribution is 2.45. The van der Waals surface area contributed by atoms with E-state index in [2.05, 4.69) is 301 Å². The quantitative estimate of drug-likeness (QED) is 0.133. The molecule has 0 saturated carbocycles. The second-order valence-corrected chi connectivity index (χ2v) is 18.5. The second-order valence-electron chi connectivity index (χ2n) is 18.5. The Kier molecular flexibility index (Phi) is 10.9. The van der Waals surface area contributed by atoms with Crippen LogP contribution in [0.15, 0.2) is 291 Å². The van der Waals surface area contributed by atoms with E-state index in [1.54, 1.807) is 0 Å². The smallest absolute Gasteiger partial charge is 0.0547 e. The molecule has 13 aromatic rings. The summed E-state index contributed by atoms with van der Waals surface area (Å²) in [6.07, 6.45) is 0. The summed E-state index contributed by atoms with van der Waals surface area (Å²) in [5, 5.41) is 4.97. The molecule has 0 radical (unpaired) electrons. The van der Waals surface area contributed by atoms with Gasteiger partial charge in [-0.3, -0.25) is 0 Å². The Morgan fingerprint density at radius 2 is 0.694 bits per heavy atom. The average molecular weight is 917 g/mol. The van der Waals surface area contributed by atoms with Crippen LogP contribution in [0, 0.1) is 0 Å². The first-order chi connectivity index (χ1) is 35.7. The van der Waals surface area contributed by atoms with Gasteiger partial charge in [0.05, 0.1) is 16.7 Å². The molecule has 0 amide bonds. The molecule has 2 heteroatoms. The number of anilines is 3. The van der Waals surface area contributed by atoms with Gasteiger partial charge in [-0.2, -0.15) is 0 Å². The first kappa shape index (κ1) is 42.6. The zero-order valence-corrected chi connectivity index (χ0v) is 39.6. The van der Waals surface area contributed by atoms with Gasteiger partial charge < -0.3 is 9.47 Å². The monoisotopic (exact) mass is 916 g/mol. The number of benzene rings is 12. The lowest BCUT2D eigenvalue weighted by molar-refractivity contribution is 1.18. The largest absolute Gasteiger partial charge is 0.310 e. The van der Waals surface area contributed by atoms with Crippen molar-refractivity contribution in [3.63, 3.8) is 0 Å². The predicted octanol–water partition coefficient (Wildman–Crippen LogP) is 19.4. The van der Waals surface area contributed by atoms with E-state index >= 15 is 0 Å². The van der Waals surface area contributed by atoms with Gasteiger partial charge in [-0.1, -0.05) is 206 Å². The molecule has 338 valence electrons. The van der Waals surface area contributed by atoms with Crippen molar-refractivity contribution in [2.24, 2.45) is 0 Å². The second kappa shape index (κ2) is 18.4. The summed E-state index contributed by atoms with van der Waals surface area (Å²) in [5.74, 6) is 0. The minimum absolute atomic E-state index is 1.07. The molecule has 0 fully saturated rings.